The Bertz CT molecular complexity index is 3920. The van der Waals surface area contributed by atoms with Crippen LogP contribution in [0.1, 0.15) is 110 Å². The summed E-state index contributed by atoms with van der Waals surface area (Å²) in [6, 6.07) is 21.7. The molecule has 362 valence electrons. The van der Waals surface area contributed by atoms with Gasteiger partial charge in [0.05, 0.1) is 13.7 Å². The van der Waals surface area contributed by atoms with E-state index in [1.54, 1.807) is 55.7 Å². The van der Waals surface area contributed by atoms with Gasteiger partial charge in [0.15, 0.2) is 0 Å². The number of ether oxygens (including phenoxy) is 1. The Morgan fingerprint density at radius 2 is 1.23 bits per heavy atom. The van der Waals surface area contributed by atoms with Crippen LogP contribution in [-0.2, 0) is 37.3 Å². The Morgan fingerprint density at radius 3 is 1.83 bits per heavy atom. The predicted octanol–water partition coefficient (Wildman–Crippen LogP) is 15.5. The van der Waals surface area contributed by atoms with E-state index in [-0.39, 0.29) is 54.4 Å². The second-order valence-corrected chi connectivity index (χ2v) is 20.8. The molecule has 0 atom stereocenters. The summed E-state index contributed by atoms with van der Waals surface area (Å²) >= 11 is 0. The van der Waals surface area contributed by atoms with Gasteiger partial charge >= 0.3 is 0 Å². The molecule has 6 aromatic carbocycles. The minimum absolute atomic E-state index is 0. The summed E-state index contributed by atoms with van der Waals surface area (Å²) in [4.78, 5) is 23.6. The van der Waals surface area contributed by atoms with Gasteiger partial charge in [-0.3, -0.25) is 0 Å². The topological polar surface area (TPSA) is 72.2 Å². The molecule has 10 rings (SSSR count). The van der Waals surface area contributed by atoms with Crippen molar-refractivity contribution in [2.45, 2.75) is 99.3 Å². The van der Waals surface area contributed by atoms with Crippen molar-refractivity contribution in [2.24, 2.45) is 0 Å². The van der Waals surface area contributed by atoms with Gasteiger partial charge in [-0.2, -0.15) is 6.07 Å². The van der Waals surface area contributed by atoms with E-state index in [2.05, 4.69) is 97.2 Å². The monoisotopic (exact) mass is 1120 g/mol. The van der Waals surface area contributed by atoms with Crippen LogP contribution in [-0.4, -0.2) is 24.5 Å². The molecule has 1 aliphatic rings. The van der Waals surface area contributed by atoms with Crippen LogP contribution in [0.15, 0.2) is 140 Å². The summed E-state index contributed by atoms with van der Waals surface area (Å²) < 4.78 is 97.5. The predicted molar refractivity (Wildman–Crippen MR) is 288 cm³/mol. The van der Waals surface area contributed by atoms with Crippen LogP contribution in [0.4, 0.5) is 11.4 Å². The van der Waals surface area contributed by atoms with Gasteiger partial charge in [-0.15, -0.1) is 48.1 Å². The van der Waals surface area contributed by atoms with Gasteiger partial charge in [-0.25, -0.2) is 19.9 Å². The molecular formula is C62H60N7OPt-3. The number of pyridine rings is 1. The first-order valence-corrected chi connectivity index (χ1v) is 23.3. The third-order valence-electron chi connectivity index (χ3n) is 12.7. The fourth-order valence-electron chi connectivity index (χ4n) is 8.72. The molecular weight excluding hydrogens is 1050 g/mol. The Morgan fingerprint density at radius 1 is 0.620 bits per heavy atom. The van der Waals surface area contributed by atoms with Crippen LogP contribution in [0.3, 0.4) is 0 Å². The number of anilines is 2. The molecule has 3 aromatic heterocycles. The number of fused-ring (bicyclic) bond motifs is 3. The van der Waals surface area contributed by atoms with Crippen LogP contribution in [0, 0.1) is 39.6 Å². The fourth-order valence-corrected chi connectivity index (χ4v) is 8.72. The van der Waals surface area contributed by atoms with E-state index < -0.39 is 71.3 Å². The minimum Gasteiger partial charge on any atom is -0.508 e. The first-order valence-electron chi connectivity index (χ1n) is 28.3. The number of hydrogen-bond acceptors (Lipinski definition) is 7. The fraction of sp³-hybridized carbons (Fsp3) is 0.242. The zero-order chi connectivity index (χ0) is 58.0. The van der Waals surface area contributed by atoms with Crippen LogP contribution >= 0.6 is 0 Å². The molecule has 4 heterocycles. The summed E-state index contributed by atoms with van der Waals surface area (Å²) in [5, 5.41) is 1.84. The molecule has 0 fully saturated rings. The maximum absolute atomic E-state index is 9.19. The number of rotatable bonds is 8. The van der Waals surface area contributed by atoms with E-state index in [0.717, 1.165) is 21.9 Å². The minimum atomic E-state index is -0.568. The normalized spacial score (nSPS) is 15.0. The van der Waals surface area contributed by atoms with Crippen molar-refractivity contribution in [3.63, 3.8) is 0 Å². The number of para-hydroxylation sites is 1. The van der Waals surface area contributed by atoms with Gasteiger partial charge in [0.1, 0.15) is 23.3 Å². The van der Waals surface area contributed by atoms with Gasteiger partial charge in [-0.05, 0) is 101 Å². The third kappa shape index (κ3) is 9.31. The van der Waals surface area contributed by atoms with Crippen molar-refractivity contribution in [1.29, 1.82) is 0 Å². The van der Waals surface area contributed by atoms with Crippen molar-refractivity contribution in [2.75, 3.05) is 9.80 Å². The van der Waals surface area contributed by atoms with E-state index in [9.17, 15) is 5.48 Å². The summed E-state index contributed by atoms with van der Waals surface area (Å²) in [5.74, 6) is 2.96. The van der Waals surface area contributed by atoms with Crippen molar-refractivity contribution < 1.29 is 39.5 Å². The molecule has 1 aliphatic heterocycles. The Labute approximate surface area is 447 Å². The van der Waals surface area contributed by atoms with Gasteiger partial charge in [0.25, 0.3) is 0 Å². The van der Waals surface area contributed by atoms with E-state index in [0.29, 0.717) is 68.2 Å². The molecule has 0 N–H and O–H groups in total. The van der Waals surface area contributed by atoms with Gasteiger partial charge in [0.2, 0.25) is 0 Å². The molecule has 0 saturated heterocycles. The first kappa shape index (κ1) is 37.9. The van der Waals surface area contributed by atoms with E-state index in [4.69, 9.17) is 32.9 Å². The molecule has 0 saturated carbocycles. The smallest absolute Gasteiger partial charge is 0.137 e. The van der Waals surface area contributed by atoms with E-state index >= 15 is 0 Å². The zero-order valence-electron chi connectivity index (χ0n) is 51.9. The molecule has 0 spiro atoms. The molecule has 9 heteroatoms. The molecule has 8 nitrogen and oxygen atoms in total. The van der Waals surface area contributed by atoms with Crippen molar-refractivity contribution in [3.8, 4) is 51.0 Å². The van der Waals surface area contributed by atoms with Gasteiger partial charge in [-0.1, -0.05) is 146 Å². The molecule has 0 bridgehead atoms. The Hall–Kier alpha value is -6.89. The van der Waals surface area contributed by atoms with Crippen LogP contribution in [0.2, 0.25) is 0 Å². The summed E-state index contributed by atoms with van der Waals surface area (Å²) in [7, 11) is 0. The van der Waals surface area contributed by atoms with E-state index in [1.807, 2.05) is 42.6 Å². The van der Waals surface area contributed by atoms with Crippen molar-refractivity contribution in [3.05, 3.63) is 192 Å². The van der Waals surface area contributed by atoms with Crippen LogP contribution in [0.25, 0.3) is 61.3 Å². The number of nitrogens with zero attached hydrogens (tertiary/aromatic N) is 7. The van der Waals surface area contributed by atoms with Gasteiger partial charge < -0.3 is 19.1 Å². The second kappa shape index (κ2) is 18.7. The maximum atomic E-state index is 9.19. The average Bonchev–Trinajstić information content (AvgIpc) is 4.26. The van der Waals surface area contributed by atoms with E-state index in [1.165, 1.54) is 0 Å². The quantitative estimate of drug-likeness (QED) is 0.140. The molecule has 0 amide bonds. The van der Waals surface area contributed by atoms with Crippen LogP contribution in [0.5, 0.6) is 11.5 Å². The standard InChI is InChI=1S/C62H60N7O.Pt/c1-39-40(2)54(42-22-15-13-16-23-42)56(55(41(39)3)43-24-17-14-18-25-43)68-33-32-67(38-68)45-26-21-27-46(35-45)70-52-37-51-48(36-49(52)57-64-58(61(7,8)9)66-59(65-57)62(10,11)12)47-28-19-20-29-50(47)69(51)53-34-44(30-31-63-53)60(4,5)6;/h13-34,36,38H,1-12H3;/q-3;/i13D,14D,15D,16D,17D,18D,22D,23D,24D,25D;. The molecule has 9 aromatic rings. The number of benzene rings is 6. The van der Waals surface area contributed by atoms with Crippen molar-refractivity contribution >= 4 is 33.2 Å². The van der Waals surface area contributed by atoms with Gasteiger partial charge in [0, 0.05) is 71.9 Å². The largest absolute Gasteiger partial charge is 0.508 e. The molecule has 0 unspecified atom stereocenters. The average molecular weight is 1120 g/mol. The molecule has 0 radical (unpaired) electrons. The third-order valence-corrected chi connectivity index (χ3v) is 12.7. The second-order valence-electron chi connectivity index (χ2n) is 20.8. The zero-order valence-corrected chi connectivity index (χ0v) is 44.2. The first-order chi connectivity index (χ1) is 37.5. The Kier molecular flexibility index (Phi) is 9.97. The number of aromatic nitrogens is 5. The molecule has 0 aliphatic carbocycles. The maximum Gasteiger partial charge on any atom is 0.137 e. The SMILES string of the molecule is [2H]c1c([2H])c([2H])c(-c2c(C)c(C)c(C)c(-c3c([2H])c([2H])c([2H])c([2H])c3[2H])c2N2C=CN(c3[c-]c(Oc4[c-]c5c(cc4-c4nc(C(C)(C)C)nc(C(C)(C)C)n4)c4ccccc4n5-c4cc(C(C)(C)C)ccn4)ccc3)[CH-]2)c([2H])c1[2H].[Pt]. The Balaban J connectivity index is 0.00000792. The summed E-state index contributed by atoms with van der Waals surface area (Å²) in [6.45, 7) is 26.0. The summed E-state index contributed by atoms with van der Waals surface area (Å²) in [6.07, 6.45) is 5.27. The molecule has 71 heavy (non-hydrogen) atoms. The van der Waals surface area contributed by atoms with Crippen LogP contribution < -0.4 is 14.5 Å². The summed E-state index contributed by atoms with van der Waals surface area (Å²) in [5.41, 5.74) is 5.02. The van der Waals surface area contributed by atoms with Crippen molar-refractivity contribution in [1.82, 2.24) is 24.5 Å². The number of hydrogen-bond donors (Lipinski definition) is 0.